The molecule has 0 aromatic heterocycles. The topological polar surface area (TPSA) is 75.4 Å². The van der Waals surface area contributed by atoms with Crippen molar-refractivity contribution in [3.05, 3.63) is 0 Å². The monoisotopic (exact) mass is 214 g/mol. The van der Waals surface area contributed by atoms with E-state index in [0.29, 0.717) is 24.8 Å². The molecule has 1 amide bonds. The summed E-state index contributed by atoms with van der Waals surface area (Å²) in [6.07, 6.45) is 3.75. The number of rotatable bonds is 5. The minimum Gasteiger partial charge on any atom is -0.396 e. The molecule has 0 aromatic carbocycles. The summed E-state index contributed by atoms with van der Waals surface area (Å²) in [6, 6.07) is -0.0813. The number of carbonyl (C=O) groups excluding carboxylic acids is 1. The van der Waals surface area contributed by atoms with Crippen LogP contribution in [-0.2, 0) is 4.79 Å². The molecule has 4 N–H and O–H groups in total. The Morgan fingerprint density at radius 3 is 2.80 bits per heavy atom. The van der Waals surface area contributed by atoms with Crippen LogP contribution in [0.1, 0.15) is 32.6 Å². The molecule has 1 aliphatic carbocycles. The van der Waals surface area contributed by atoms with E-state index < -0.39 is 0 Å². The lowest BCUT2D eigenvalue weighted by atomic mass is 9.97. The summed E-state index contributed by atoms with van der Waals surface area (Å²) < 4.78 is 0. The third-order valence-electron chi connectivity index (χ3n) is 3.12. The van der Waals surface area contributed by atoms with Gasteiger partial charge in [0.1, 0.15) is 0 Å². The van der Waals surface area contributed by atoms with Crippen molar-refractivity contribution in [3.63, 3.8) is 0 Å². The van der Waals surface area contributed by atoms with Gasteiger partial charge in [-0.2, -0.15) is 0 Å². The summed E-state index contributed by atoms with van der Waals surface area (Å²) in [5.74, 6) is 0.848. The Bertz CT molecular complexity index is 207. The fraction of sp³-hybridized carbons (Fsp3) is 0.909. The molecule has 1 aliphatic rings. The van der Waals surface area contributed by atoms with Crippen molar-refractivity contribution >= 4 is 5.91 Å². The van der Waals surface area contributed by atoms with Crippen molar-refractivity contribution in [2.75, 3.05) is 13.2 Å². The first-order chi connectivity index (χ1) is 7.13. The van der Waals surface area contributed by atoms with Crippen LogP contribution in [0.25, 0.3) is 0 Å². The number of nitrogens with two attached hydrogens (primary N) is 1. The van der Waals surface area contributed by atoms with Crippen LogP contribution in [-0.4, -0.2) is 30.2 Å². The maximum Gasteiger partial charge on any atom is 0.221 e. The molecule has 1 saturated carbocycles. The van der Waals surface area contributed by atoms with Gasteiger partial charge in [-0.3, -0.25) is 4.79 Å². The summed E-state index contributed by atoms with van der Waals surface area (Å²) in [7, 11) is 0. The van der Waals surface area contributed by atoms with E-state index in [-0.39, 0.29) is 18.6 Å². The molecular formula is C11H22N2O2. The van der Waals surface area contributed by atoms with E-state index in [1.165, 1.54) is 6.42 Å². The molecule has 3 unspecified atom stereocenters. The quantitative estimate of drug-likeness (QED) is 0.614. The predicted octanol–water partition coefficient (Wildman–Crippen LogP) is 0.248. The molecule has 15 heavy (non-hydrogen) atoms. The number of hydrogen-bond donors (Lipinski definition) is 3. The molecule has 88 valence electrons. The van der Waals surface area contributed by atoms with Crippen LogP contribution < -0.4 is 11.1 Å². The van der Waals surface area contributed by atoms with Crippen LogP contribution in [0, 0.1) is 11.8 Å². The second-order valence-corrected chi connectivity index (χ2v) is 4.62. The average Bonchev–Trinajstić information content (AvgIpc) is 2.60. The summed E-state index contributed by atoms with van der Waals surface area (Å²) >= 11 is 0. The lowest BCUT2D eigenvalue weighted by Gasteiger charge is -2.18. The Morgan fingerprint density at radius 1 is 1.53 bits per heavy atom. The zero-order valence-electron chi connectivity index (χ0n) is 9.41. The standard InChI is InChI=1S/C11H22N2O2/c1-8(12)5-11(15)13-6-9-3-2-4-10(9)7-14/h8-10,14H,2-7,12H2,1H3,(H,13,15). The molecule has 0 aliphatic heterocycles. The molecule has 0 saturated heterocycles. The molecular weight excluding hydrogens is 192 g/mol. The SMILES string of the molecule is CC(N)CC(=O)NCC1CCCC1CO. The zero-order valence-corrected chi connectivity index (χ0v) is 9.41. The number of amides is 1. The Kier molecular flexibility index (Phi) is 5.05. The predicted molar refractivity (Wildman–Crippen MR) is 59.2 cm³/mol. The number of nitrogens with one attached hydrogen (secondary N) is 1. The molecule has 0 heterocycles. The maximum absolute atomic E-state index is 11.4. The van der Waals surface area contributed by atoms with Gasteiger partial charge in [-0.05, 0) is 31.6 Å². The molecule has 4 heteroatoms. The lowest BCUT2D eigenvalue weighted by molar-refractivity contribution is -0.121. The van der Waals surface area contributed by atoms with E-state index in [1.54, 1.807) is 0 Å². The van der Waals surface area contributed by atoms with Gasteiger partial charge in [-0.15, -0.1) is 0 Å². The van der Waals surface area contributed by atoms with Gasteiger partial charge >= 0.3 is 0 Å². The van der Waals surface area contributed by atoms with Crippen LogP contribution in [0.5, 0.6) is 0 Å². The molecule has 0 aromatic rings. The van der Waals surface area contributed by atoms with Gasteiger partial charge in [-0.1, -0.05) is 6.42 Å². The van der Waals surface area contributed by atoms with Crippen molar-refractivity contribution in [2.24, 2.45) is 17.6 Å². The second kappa shape index (κ2) is 6.08. The fourth-order valence-corrected chi connectivity index (χ4v) is 2.23. The zero-order chi connectivity index (χ0) is 11.3. The highest BCUT2D eigenvalue weighted by Crippen LogP contribution is 2.30. The molecule has 1 fully saturated rings. The molecule has 0 radical (unpaired) electrons. The van der Waals surface area contributed by atoms with Crippen molar-refractivity contribution in [1.82, 2.24) is 5.32 Å². The highest BCUT2D eigenvalue weighted by molar-refractivity contribution is 5.76. The van der Waals surface area contributed by atoms with Gasteiger partial charge in [0.2, 0.25) is 5.91 Å². The van der Waals surface area contributed by atoms with E-state index in [4.69, 9.17) is 10.8 Å². The molecule has 1 rings (SSSR count). The molecule has 0 spiro atoms. The average molecular weight is 214 g/mol. The second-order valence-electron chi connectivity index (χ2n) is 4.62. The highest BCUT2D eigenvalue weighted by atomic mass is 16.3. The van der Waals surface area contributed by atoms with Crippen molar-refractivity contribution in [2.45, 2.75) is 38.6 Å². The van der Waals surface area contributed by atoms with Crippen LogP contribution >= 0.6 is 0 Å². The first-order valence-corrected chi connectivity index (χ1v) is 5.76. The van der Waals surface area contributed by atoms with Crippen LogP contribution in [0.2, 0.25) is 0 Å². The van der Waals surface area contributed by atoms with E-state index in [2.05, 4.69) is 5.32 Å². The highest BCUT2D eigenvalue weighted by Gasteiger charge is 2.26. The maximum atomic E-state index is 11.4. The minimum atomic E-state index is -0.0813. The third kappa shape index (κ3) is 4.18. The minimum absolute atomic E-state index is 0.0218. The molecule has 3 atom stereocenters. The van der Waals surface area contributed by atoms with Gasteiger partial charge < -0.3 is 16.2 Å². The number of aliphatic hydroxyl groups excluding tert-OH is 1. The van der Waals surface area contributed by atoms with Gasteiger partial charge in [0.05, 0.1) is 0 Å². The first kappa shape index (κ1) is 12.5. The first-order valence-electron chi connectivity index (χ1n) is 5.76. The van der Waals surface area contributed by atoms with E-state index in [1.807, 2.05) is 6.92 Å². The lowest BCUT2D eigenvalue weighted by Crippen LogP contribution is -2.34. The number of aliphatic hydroxyl groups is 1. The van der Waals surface area contributed by atoms with Crippen molar-refractivity contribution in [3.8, 4) is 0 Å². The van der Waals surface area contributed by atoms with Crippen molar-refractivity contribution < 1.29 is 9.90 Å². The molecule has 0 bridgehead atoms. The van der Waals surface area contributed by atoms with E-state index in [9.17, 15) is 4.79 Å². The summed E-state index contributed by atoms with van der Waals surface area (Å²) in [6.45, 7) is 2.76. The Labute approximate surface area is 91.2 Å². The Balaban J connectivity index is 2.21. The third-order valence-corrected chi connectivity index (χ3v) is 3.12. The van der Waals surface area contributed by atoms with Crippen LogP contribution in [0.15, 0.2) is 0 Å². The van der Waals surface area contributed by atoms with E-state index in [0.717, 1.165) is 12.8 Å². The van der Waals surface area contributed by atoms with Crippen LogP contribution in [0.4, 0.5) is 0 Å². The van der Waals surface area contributed by atoms with Gasteiger partial charge in [-0.25, -0.2) is 0 Å². The summed E-state index contributed by atoms with van der Waals surface area (Å²) in [4.78, 5) is 11.4. The number of hydrogen-bond acceptors (Lipinski definition) is 3. The Morgan fingerprint density at radius 2 is 2.20 bits per heavy atom. The largest absolute Gasteiger partial charge is 0.396 e. The fourth-order valence-electron chi connectivity index (χ4n) is 2.23. The smallest absolute Gasteiger partial charge is 0.221 e. The van der Waals surface area contributed by atoms with Gasteiger partial charge in [0.25, 0.3) is 0 Å². The van der Waals surface area contributed by atoms with Gasteiger partial charge in [0.15, 0.2) is 0 Å². The summed E-state index contributed by atoms with van der Waals surface area (Å²) in [5, 5.41) is 12.0. The van der Waals surface area contributed by atoms with Gasteiger partial charge in [0, 0.05) is 25.6 Å². The van der Waals surface area contributed by atoms with Crippen molar-refractivity contribution in [1.29, 1.82) is 0 Å². The molecule has 4 nitrogen and oxygen atoms in total. The Hall–Kier alpha value is -0.610. The van der Waals surface area contributed by atoms with Crippen LogP contribution in [0.3, 0.4) is 0 Å². The number of carbonyl (C=O) groups is 1. The van der Waals surface area contributed by atoms with E-state index >= 15 is 0 Å². The normalized spacial score (nSPS) is 27.7. The summed E-state index contributed by atoms with van der Waals surface area (Å²) in [5.41, 5.74) is 5.53.